The van der Waals surface area contributed by atoms with Gasteiger partial charge in [-0.1, -0.05) is 6.07 Å². The molecule has 1 saturated heterocycles. The second-order valence-corrected chi connectivity index (χ2v) is 8.77. The molecule has 0 aliphatic carbocycles. The summed E-state index contributed by atoms with van der Waals surface area (Å²) in [6.45, 7) is 3.83. The minimum absolute atomic E-state index is 0.251. The summed E-state index contributed by atoms with van der Waals surface area (Å²) in [5.41, 5.74) is 5.99. The molecule has 0 unspecified atom stereocenters. The molecule has 0 spiro atoms. The van der Waals surface area contributed by atoms with E-state index in [0.29, 0.717) is 5.69 Å². The van der Waals surface area contributed by atoms with Gasteiger partial charge in [-0.25, -0.2) is 0 Å². The lowest BCUT2D eigenvalue weighted by Crippen LogP contribution is -2.36. The molecule has 4 heterocycles. The Balaban J connectivity index is 1.39. The molecular formula is C25H27N7O. The highest BCUT2D eigenvalue weighted by Crippen LogP contribution is 2.26. The third-order valence-corrected chi connectivity index (χ3v) is 5.81. The molecule has 0 saturated carbocycles. The van der Waals surface area contributed by atoms with E-state index < -0.39 is 0 Å². The first-order chi connectivity index (χ1) is 16.0. The first-order valence-electron chi connectivity index (χ1n) is 11.1. The summed E-state index contributed by atoms with van der Waals surface area (Å²) in [5.74, 6) is -0.251. The normalized spacial score (nSPS) is 13.9. The molecule has 0 radical (unpaired) electrons. The highest BCUT2D eigenvalue weighted by Gasteiger charge is 2.17. The summed E-state index contributed by atoms with van der Waals surface area (Å²) < 4.78 is 0. The van der Waals surface area contributed by atoms with Gasteiger partial charge in [0.1, 0.15) is 0 Å². The fourth-order valence-electron chi connectivity index (χ4n) is 4.07. The van der Waals surface area contributed by atoms with Gasteiger partial charge in [0.15, 0.2) is 5.69 Å². The van der Waals surface area contributed by atoms with Crippen LogP contribution in [0.2, 0.25) is 0 Å². The van der Waals surface area contributed by atoms with Crippen LogP contribution in [0.5, 0.6) is 0 Å². The second-order valence-electron chi connectivity index (χ2n) is 8.77. The first-order valence-corrected chi connectivity index (χ1v) is 11.1. The summed E-state index contributed by atoms with van der Waals surface area (Å²) in [4.78, 5) is 26.3. The molecule has 2 N–H and O–H groups in total. The van der Waals surface area contributed by atoms with Crippen molar-refractivity contribution in [1.29, 1.82) is 0 Å². The minimum atomic E-state index is -0.251. The lowest BCUT2D eigenvalue weighted by molar-refractivity contribution is 0.102. The molecular weight excluding hydrogens is 414 g/mol. The highest BCUT2D eigenvalue weighted by molar-refractivity contribution is 6.11. The van der Waals surface area contributed by atoms with Crippen LogP contribution in [-0.4, -0.2) is 63.1 Å². The predicted octanol–water partition coefficient (Wildman–Crippen LogP) is 3.54. The van der Waals surface area contributed by atoms with Crippen LogP contribution in [0.3, 0.4) is 0 Å². The van der Waals surface area contributed by atoms with E-state index in [1.54, 1.807) is 12.3 Å². The largest absolute Gasteiger partial charge is 0.320 e. The van der Waals surface area contributed by atoms with Crippen molar-refractivity contribution < 1.29 is 4.79 Å². The number of pyridine rings is 2. The molecule has 3 aromatic heterocycles. The zero-order valence-corrected chi connectivity index (χ0v) is 18.9. The Morgan fingerprint density at radius 3 is 2.79 bits per heavy atom. The molecule has 168 valence electrons. The number of H-pyrrole nitrogens is 1. The number of hydrogen-bond donors (Lipinski definition) is 2. The van der Waals surface area contributed by atoms with E-state index in [9.17, 15) is 4.79 Å². The predicted molar refractivity (Wildman–Crippen MR) is 129 cm³/mol. The van der Waals surface area contributed by atoms with Crippen molar-refractivity contribution in [3.05, 3.63) is 71.9 Å². The van der Waals surface area contributed by atoms with E-state index in [-0.39, 0.29) is 5.91 Å². The Morgan fingerprint density at radius 2 is 2.00 bits per heavy atom. The van der Waals surface area contributed by atoms with Crippen LogP contribution in [0.1, 0.15) is 28.2 Å². The molecule has 8 nitrogen and oxygen atoms in total. The molecule has 0 bridgehead atoms. The standard InChI is InChI=1S/C25H27N7O/c1-31(2)15-17-10-19(14-26-13-17)18-4-5-23-22(11-18)24(30-29-23)25(33)28-20-6-7-27-21(12-20)16-32-8-3-9-32/h4-7,10-14H,3,8-9,15-16H2,1-2H3,(H,29,30)(H,27,28,33). The molecule has 5 rings (SSSR count). The monoisotopic (exact) mass is 441 g/mol. The number of rotatable bonds is 7. The van der Waals surface area contributed by atoms with Gasteiger partial charge in [-0.15, -0.1) is 0 Å². The average molecular weight is 442 g/mol. The highest BCUT2D eigenvalue weighted by atomic mass is 16.1. The molecule has 0 atom stereocenters. The van der Waals surface area contributed by atoms with Crippen molar-refractivity contribution in [3.8, 4) is 11.1 Å². The number of nitrogens with one attached hydrogen (secondary N) is 2. The number of anilines is 1. The second kappa shape index (κ2) is 9.09. The number of amides is 1. The van der Waals surface area contributed by atoms with Crippen LogP contribution in [0, 0.1) is 0 Å². The van der Waals surface area contributed by atoms with Gasteiger partial charge in [-0.05, 0) is 75.1 Å². The Labute approximate surface area is 192 Å². The van der Waals surface area contributed by atoms with Crippen LogP contribution in [-0.2, 0) is 13.1 Å². The number of fused-ring (bicyclic) bond motifs is 1. The molecule has 33 heavy (non-hydrogen) atoms. The first kappa shape index (κ1) is 21.2. The van der Waals surface area contributed by atoms with Crippen molar-refractivity contribution in [2.75, 3.05) is 32.5 Å². The fourth-order valence-corrected chi connectivity index (χ4v) is 4.07. The number of aromatic nitrogens is 4. The van der Waals surface area contributed by atoms with Crippen molar-refractivity contribution in [2.45, 2.75) is 19.5 Å². The lowest BCUT2D eigenvalue weighted by atomic mass is 10.0. The number of benzene rings is 1. The number of carbonyl (C=O) groups is 1. The summed E-state index contributed by atoms with van der Waals surface area (Å²) >= 11 is 0. The zero-order chi connectivity index (χ0) is 22.8. The van der Waals surface area contributed by atoms with Gasteiger partial charge in [-0.3, -0.25) is 24.8 Å². The van der Waals surface area contributed by atoms with Crippen molar-refractivity contribution in [3.63, 3.8) is 0 Å². The van der Waals surface area contributed by atoms with E-state index in [4.69, 9.17) is 0 Å². The number of likely N-dealkylation sites (tertiary alicyclic amines) is 1. The molecule has 8 heteroatoms. The van der Waals surface area contributed by atoms with Gasteiger partial charge in [0.25, 0.3) is 5.91 Å². The maximum Gasteiger partial charge on any atom is 0.276 e. The smallest absolute Gasteiger partial charge is 0.276 e. The number of aromatic amines is 1. The summed E-state index contributed by atoms with van der Waals surface area (Å²) in [6, 6.07) is 11.8. The maximum atomic E-state index is 13.1. The molecule has 1 aliphatic heterocycles. The van der Waals surface area contributed by atoms with E-state index in [0.717, 1.165) is 65.2 Å². The number of carbonyl (C=O) groups excluding carboxylic acids is 1. The maximum absolute atomic E-state index is 13.1. The van der Waals surface area contributed by atoms with Gasteiger partial charge in [-0.2, -0.15) is 5.10 Å². The minimum Gasteiger partial charge on any atom is -0.320 e. The van der Waals surface area contributed by atoms with E-state index in [1.807, 2.05) is 50.8 Å². The van der Waals surface area contributed by atoms with Crippen molar-refractivity contribution in [1.82, 2.24) is 30.0 Å². The quantitative estimate of drug-likeness (QED) is 0.456. The Bertz CT molecular complexity index is 1290. The SMILES string of the molecule is CN(C)Cc1cncc(-c2ccc3[nH]nc(C(=O)Nc4ccnc(CN5CCC5)c4)c3c2)c1. The number of hydrogen-bond acceptors (Lipinski definition) is 6. The Morgan fingerprint density at radius 1 is 1.12 bits per heavy atom. The third-order valence-electron chi connectivity index (χ3n) is 5.81. The summed E-state index contributed by atoms with van der Waals surface area (Å²) in [5, 5.41) is 11.0. The fraction of sp³-hybridized carbons (Fsp3) is 0.280. The van der Waals surface area contributed by atoms with Crippen LogP contribution in [0.25, 0.3) is 22.0 Å². The number of nitrogens with zero attached hydrogens (tertiary/aromatic N) is 5. The summed E-state index contributed by atoms with van der Waals surface area (Å²) in [7, 11) is 4.07. The average Bonchev–Trinajstić information content (AvgIpc) is 3.20. The van der Waals surface area contributed by atoms with E-state index in [2.05, 4.69) is 41.3 Å². The van der Waals surface area contributed by atoms with Gasteiger partial charge < -0.3 is 10.2 Å². The third kappa shape index (κ3) is 4.76. The lowest BCUT2D eigenvalue weighted by Gasteiger charge is -2.30. The molecule has 1 amide bonds. The molecule has 1 fully saturated rings. The van der Waals surface area contributed by atoms with Crippen LogP contribution in [0.15, 0.2) is 55.0 Å². The van der Waals surface area contributed by atoms with E-state index in [1.165, 1.54) is 6.42 Å². The van der Waals surface area contributed by atoms with Crippen molar-refractivity contribution >= 4 is 22.5 Å². The Hall–Kier alpha value is -3.62. The Kier molecular flexibility index (Phi) is 5.85. The van der Waals surface area contributed by atoms with Gasteiger partial charge in [0.05, 0.1) is 11.2 Å². The van der Waals surface area contributed by atoms with Gasteiger partial charge in [0.2, 0.25) is 0 Å². The topological polar surface area (TPSA) is 90.0 Å². The van der Waals surface area contributed by atoms with E-state index >= 15 is 0 Å². The molecule has 4 aromatic rings. The van der Waals surface area contributed by atoms with Crippen LogP contribution in [0.4, 0.5) is 5.69 Å². The zero-order valence-electron chi connectivity index (χ0n) is 18.9. The van der Waals surface area contributed by atoms with Gasteiger partial charge in [0, 0.05) is 48.3 Å². The van der Waals surface area contributed by atoms with Gasteiger partial charge >= 0.3 is 0 Å². The molecule has 1 aliphatic rings. The summed E-state index contributed by atoms with van der Waals surface area (Å²) in [6.07, 6.45) is 6.69. The van der Waals surface area contributed by atoms with Crippen LogP contribution < -0.4 is 5.32 Å². The van der Waals surface area contributed by atoms with Crippen molar-refractivity contribution in [2.24, 2.45) is 0 Å². The van der Waals surface area contributed by atoms with Crippen LogP contribution >= 0.6 is 0 Å². The molecule has 1 aromatic carbocycles.